The molecule has 1 aliphatic rings. The number of nitrogens with one attached hydrogen (secondary N) is 1. The lowest BCUT2D eigenvalue weighted by atomic mass is 9.99. The molecule has 2 rings (SSSR count). The minimum Gasteiger partial charge on any atom is -0.385 e. The molecule has 1 aromatic heterocycles. The number of methoxy groups -OCH3 is 1. The highest BCUT2D eigenvalue weighted by atomic mass is 32.1. The first-order valence-corrected chi connectivity index (χ1v) is 7.97. The van der Waals surface area contributed by atoms with Gasteiger partial charge in [-0.05, 0) is 38.8 Å². The van der Waals surface area contributed by atoms with Crippen molar-refractivity contribution in [3.8, 4) is 0 Å². The second kappa shape index (κ2) is 6.24. The number of rotatable bonds is 6. The fourth-order valence-corrected chi connectivity index (χ4v) is 3.51. The van der Waals surface area contributed by atoms with Gasteiger partial charge in [0.05, 0.1) is 5.54 Å². The van der Waals surface area contributed by atoms with Crippen molar-refractivity contribution in [2.45, 2.75) is 45.3 Å². The molecular formula is C15H24N2O2S. The number of amides is 1. The number of carbonyl (C=O) groups excluding carboxylic acids is 1. The fourth-order valence-electron chi connectivity index (χ4n) is 2.56. The van der Waals surface area contributed by atoms with Gasteiger partial charge in [0.2, 0.25) is 5.91 Å². The summed E-state index contributed by atoms with van der Waals surface area (Å²) in [6, 6.07) is 4.23. The van der Waals surface area contributed by atoms with Crippen LogP contribution in [0.1, 0.15) is 42.6 Å². The standard InChI is InChI=1S/C15H24N2O2S/c1-5-15(3)14(18)17(9-6-10-19-4)13(16-15)12-8-7-11(2)20-12/h7-8,13,16H,5-6,9-10H2,1-4H3. The molecule has 0 bridgehead atoms. The SMILES string of the molecule is CCC1(C)NC(c2ccc(C)s2)N(CCCOC)C1=O. The van der Waals surface area contributed by atoms with Gasteiger partial charge < -0.3 is 9.64 Å². The highest BCUT2D eigenvalue weighted by Crippen LogP contribution is 2.35. The Kier molecular flexibility index (Phi) is 4.83. The number of hydrogen-bond acceptors (Lipinski definition) is 4. The molecule has 0 saturated carbocycles. The van der Waals surface area contributed by atoms with Crippen LogP contribution in [0.25, 0.3) is 0 Å². The quantitative estimate of drug-likeness (QED) is 0.821. The second-order valence-corrected chi connectivity index (χ2v) is 6.85. The summed E-state index contributed by atoms with van der Waals surface area (Å²) >= 11 is 1.75. The Balaban J connectivity index is 2.20. The van der Waals surface area contributed by atoms with Crippen molar-refractivity contribution in [3.63, 3.8) is 0 Å². The van der Waals surface area contributed by atoms with Gasteiger partial charge in [-0.3, -0.25) is 10.1 Å². The van der Waals surface area contributed by atoms with E-state index in [2.05, 4.69) is 31.3 Å². The van der Waals surface area contributed by atoms with Crippen molar-refractivity contribution in [1.29, 1.82) is 0 Å². The predicted molar refractivity (Wildman–Crippen MR) is 81.8 cm³/mol. The van der Waals surface area contributed by atoms with E-state index in [4.69, 9.17) is 4.74 Å². The van der Waals surface area contributed by atoms with Crippen molar-refractivity contribution < 1.29 is 9.53 Å². The fraction of sp³-hybridized carbons (Fsp3) is 0.667. The first-order valence-electron chi connectivity index (χ1n) is 7.16. The summed E-state index contributed by atoms with van der Waals surface area (Å²) < 4.78 is 5.10. The summed E-state index contributed by atoms with van der Waals surface area (Å²) in [7, 11) is 1.69. The van der Waals surface area contributed by atoms with Crippen molar-refractivity contribution in [3.05, 3.63) is 21.9 Å². The molecule has 4 nitrogen and oxygen atoms in total. The zero-order chi connectivity index (χ0) is 14.8. The van der Waals surface area contributed by atoms with Gasteiger partial charge >= 0.3 is 0 Å². The molecule has 1 N–H and O–H groups in total. The predicted octanol–water partition coefficient (Wildman–Crippen LogP) is 2.69. The molecule has 1 fully saturated rings. The van der Waals surface area contributed by atoms with Crippen LogP contribution >= 0.6 is 11.3 Å². The third kappa shape index (κ3) is 2.90. The minimum absolute atomic E-state index is 0.00278. The first-order chi connectivity index (χ1) is 9.51. The Morgan fingerprint density at radius 2 is 2.25 bits per heavy atom. The topological polar surface area (TPSA) is 41.6 Å². The number of hydrogen-bond donors (Lipinski definition) is 1. The monoisotopic (exact) mass is 296 g/mol. The maximum Gasteiger partial charge on any atom is 0.244 e. The number of nitrogens with zero attached hydrogens (tertiary/aromatic N) is 1. The highest BCUT2D eigenvalue weighted by molar-refractivity contribution is 7.12. The first kappa shape index (κ1) is 15.5. The van der Waals surface area contributed by atoms with Gasteiger partial charge in [0.25, 0.3) is 0 Å². The molecule has 1 amide bonds. The number of carbonyl (C=O) groups is 1. The lowest BCUT2D eigenvalue weighted by molar-refractivity contribution is -0.133. The van der Waals surface area contributed by atoms with Gasteiger partial charge in [-0.25, -0.2) is 0 Å². The Labute approximate surface area is 125 Å². The summed E-state index contributed by atoms with van der Waals surface area (Å²) in [4.78, 5) is 17.1. The van der Waals surface area contributed by atoms with Crippen molar-refractivity contribution >= 4 is 17.2 Å². The normalized spacial score (nSPS) is 26.5. The van der Waals surface area contributed by atoms with Crippen LogP contribution in [-0.2, 0) is 9.53 Å². The molecule has 5 heteroatoms. The molecule has 0 aliphatic carbocycles. The molecule has 1 saturated heterocycles. The van der Waals surface area contributed by atoms with E-state index < -0.39 is 5.54 Å². The van der Waals surface area contributed by atoms with Gasteiger partial charge in [-0.15, -0.1) is 11.3 Å². The Bertz CT molecular complexity index is 474. The molecule has 2 atom stereocenters. The smallest absolute Gasteiger partial charge is 0.244 e. The van der Waals surface area contributed by atoms with Gasteiger partial charge in [-0.1, -0.05) is 6.92 Å². The average Bonchev–Trinajstić information content (AvgIpc) is 2.96. The van der Waals surface area contributed by atoms with Gasteiger partial charge in [0.1, 0.15) is 6.17 Å². The summed E-state index contributed by atoms with van der Waals surface area (Å²) in [6.07, 6.45) is 1.67. The van der Waals surface area contributed by atoms with E-state index in [-0.39, 0.29) is 12.1 Å². The van der Waals surface area contributed by atoms with Crippen LogP contribution in [0.3, 0.4) is 0 Å². The van der Waals surface area contributed by atoms with E-state index >= 15 is 0 Å². The maximum absolute atomic E-state index is 12.7. The van der Waals surface area contributed by atoms with Crippen LogP contribution < -0.4 is 5.32 Å². The van der Waals surface area contributed by atoms with E-state index in [1.165, 1.54) is 9.75 Å². The largest absolute Gasteiger partial charge is 0.385 e. The zero-order valence-electron chi connectivity index (χ0n) is 12.7. The lowest BCUT2D eigenvalue weighted by Crippen LogP contribution is -2.43. The molecule has 0 spiro atoms. The number of aryl methyl sites for hydroxylation is 1. The van der Waals surface area contributed by atoms with Crippen LogP contribution in [0.4, 0.5) is 0 Å². The molecule has 20 heavy (non-hydrogen) atoms. The molecular weight excluding hydrogens is 272 g/mol. The second-order valence-electron chi connectivity index (χ2n) is 5.53. The van der Waals surface area contributed by atoms with Crippen LogP contribution in [0.2, 0.25) is 0 Å². The van der Waals surface area contributed by atoms with Gasteiger partial charge in [0, 0.05) is 30.0 Å². The van der Waals surface area contributed by atoms with E-state index in [1.807, 2.05) is 11.8 Å². The Hall–Kier alpha value is -0.910. The lowest BCUT2D eigenvalue weighted by Gasteiger charge is -2.23. The minimum atomic E-state index is -0.449. The van der Waals surface area contributed by atoms with Crippen LogP contribution in [0, 0.1) is 6.92 Å². The summed E-state index contributed by atoms with van der Waals surface area (Å²) in [5, 5.41) is 3.52. The van der Waals surface area contributed by atoms with E-state index in [0.717, 1.165) is 19.4 Å². The van der Waals surface area contributed by atoms with Crippen LogP contribution in [0.5, 0.6) is 0 Å². The van der Waals surface area contributed by atoms with Crippen molar-refractivity contribution in [2.24, 2.45) is 0 Å². The maximum atomic E-state index is 12.7. The van der Waals surface area contributed by atoms with Crippen LogP contribution in [-0.4, -0.2) is 36.6 Å². The summed E-state index contributed by atoms with van der Waals surface area (Å²) in [5.41, 5.74) is -0.449. The Morgan fingerprint density at radius 3 is 2.80 bits per heavy atom. The molecule has 2 unspecified atom stereocenters. The number of ether oxygens (including phenoxy) is 1. The Morgan fingerprint density at radius 1 is 1.50 bits per heavy atom. The van der Waals surface area contributed by atoms with Crippen LogP contribution in [0.15, 0.2) is 12.1 Å². The van der Waals surface area contributed by atoms with Gasteiger partial charge in [-0.2, -0.15) is 0 Å². The van der Waals surface area contributed by atoms with Crippen molar-refractivity contribution in [2.75, 3.05) is 20.3 Å². The van der Waals surface area contributed by atoms with E-state index in [1.54, 1.807) is 18.4 Å². The third-order valence-electron chi connectivity index (χ3n) is 3.99. The zero-order valence-corrected chi connectivity index (χ0v) is 13.5. The number of thiophene rings is 1. The average molecular weight is 296 g/mol. The molecule has 0 aromatic carbocycles. The molecule has 0 radical (unpaired) electrons. The van der Waals surface area contributed by atoms with E-state index in [0.29, 0.717) is 6.61 Å². The molecule has 1 aromatic rings. The highest BCUT2D eigenvalue weighted by Gasteiger charge is 2.47. The summed E-state index contributed by atoms with van der Waals surface area (Å²) in [5.74, 6) is 0.201. The van der Waals surface area contributed by atoms with Crippen molar-refractivity contribution in [1.82, 2.24) is 10.2 Å². The van der Waals surface area contributed by atoms with E-state index in [9.17, 15) is 4.79 Å². The van der Waals surface area contributed by atoms with Gasteiger partial charge in [0.15, 0.2) is 0 Å². The molecule has 2 heterocycles. The summed E-state index contributed by atoms with van der Waals surface area (Å²) in [6.45, 7) is 7.57. The molecule has 1 aliphatic heterocycles. The molecule has 112 valence electrons. The third-order valence-corrected chi connectivity index (χ3v) is 5.04.